The van der Waals surface area contributed by atoms with Crippen molar-refractivity contribution in [2.45, 2.75) is 32.6 Å². The molecule has 0 saturated carbocycles. The predicted molar refractivity (Wildman–Crippen MR) is 111 cm³/mol. The Balaban J connectivity index is 1.56. The Bertz CT molecular complexity index is 598. The van der Waals surface area contributed by atoms with Crippen LogP contribution in [0.5, 0.6) is 0 Å². The Hall–Kier alpha value is -1.81. The second-order valence-electron chi connectivity index (χ2n) is 7.67. The van der Waals surface area contributed by atoms with Gasteiger partial charge in [0.25, 0.3) is 0 Å². The average molecular weight is 355 g/mol. The Labute approximate surface area is 159 Å². The first-order valence-corrected chi connectivity index (χ1v) is 10.2. The molecule has 0 aliphatic carbocycles. The third kappa shape index (κ3) is 5.60. The molecule has 26 heavy (non-hydrogen) atoms. The van der Waals surface area contributed by atoms with E-state index in [1.54, 1.807) is 5.57 Å². The van der Waals surface area contributed by atoms with Crippen LogP contribution in [-0.4, -0.2) is 62.1 Å². The number of nitrogens with zero attached hydrogens (tertiary/aromatic N) is 3. The Morgan fingerprint density at radius 3 is 2.65 bits per heavy atom. The summed E-state index contributed by atoms with van der Waals surface area (Å²) in [5.74, 6) is 1.82. The first kappa shape index (κ1) is 19.0. The fourth-order valence-corrected chi connectivity index (χ4v) is 4.00. The zero-order valence-corrected chi connectivity index (χ0v) is 16.5. The van der Waals surface area contributed by atoms with Crippen molar-refractivity contribution in [1.29, 1.82) is 0 Å². The van der Waals surface area contributed by atoms with Crippen LogP contribution in [0, 0.1) is 5.92 Å². The number of nitrogens with one attached hydrogen (secondary N) is 1. The molecule has 4 nitrogen and oxygen atoms in total. The standard InChI is InChI=1S/C22H34N4/c1-3-23-22(24-17-21-10-7-13-25(2)18-21)26-14-11-20(12-15-26)16-19-8-5-4-6-9-19/h4-6,8-9,16,21H,3,7,10-15,17-18H2,1-2H3,(H,23,24). The monoisotopic (exact) mass is 354 g/mol. The van der Waals surface area contributed by atoms with Crippen molar-refractivity contribution in [1.82, 2.24) is 15.1 Å². The Kier molecular flexibility index (Phi) is 7.13. The van der Waals surface area contributed by atoms with Crippen molar-refractivity contribution < 1.29 is 0 Å². The summed E-state index contributed by atoms with van der Waals surface area (Å²) in [4.78, 5) is 9.88. The molecule has 0 radical (unpaired) electrons. The van der Waals surface area contributed by atoms with E-state index in [0.717, 1.165) is 45.0 Å². The van der Waals surface area contributed by atoms with Crippen LogP contribution >= 0.6 is 0 Å². The molecule has 1 N–H and O–H groups in total. The van der Waals surface area contributed by atoms with Crippen molar-refractivity contribution in [3.8, 4) is 0 Å². The highest BCUT2D eigenvalue weighted by molar-refractivity contribution is 5.80. The van der Waals surface area contributed by atoms with Crippen molar-refractivity contribution in [3.63, 3.8) is 0 Å². The van der Waals surface area contributed by atoms with Gasteiger partial charge >= 0.3 is 0 Å². The van der Waals surface area contributed by atoms with Crippen LogP contribution in [0.25, 0.3) is 6.08 Å². The first-order valence-electron chi connectivity index (χ1n) is 10.2. The molecule has 1 unspecified atom stereocenters. The fourth-order valence-electron chi connectivity index (χ4n) is 4.00. The van der Waals surface area contributed by atoms with E-state index in [1.807, 2.05) is 0 Å². The van der Waals surface area contributed by atoms with Crippen LogP contribution in [0.1, 0.15) is 38.2 Å². The lowest BCUT2D eigenvalue weighted by molar-refractivity contribution is 0.214. The normalized spacial score (nSPS) is 22.4. The number of hydrogen-bond acceptors (Lipinski definition) is 2. The number of rotatable bonds is 4. The molecule has 0 bridgehead atoms. The maximum Gasteiger partial charge on any atom is 0.193 e. The maximum atomic E-state index is 4.99. The largest absolute Gasteiger partial charge is 0.357 e. The van der Waals surface area contributed by atoms with Gasteiger partial charge in [0.2, 0.25) is 0 Å². The van der Waals surface area contributed by atoms with Gasteiger partial charge in [-0.2, -0.15) is 0 Å². The zero-order chi connectivity index (χ0) is 18.2. The summed E-state index contributed by atoms with van der Waals surface area (Å²) in [7, 11) is 2.23. The van der Waals surface area contributed by atoms with Gasteiger partial charge in [-0.1, -0.05) is 42.0 Å². The summed E-state index contributed by atoms with van der Waals surface area (Å²) >= 11 is 0. The van der Waals surface area contributed by atoms with Crippen LogP contribution in [0.2, 0.25) is 0 Å². The molecule has 2 fully saturated rings. The quantitative estimate of drug-likeness (QED) is 0.663. The third-order valence-corrected chi connectivity index (χ3v) is 5.43. The summed E-state index contributed by atoms with van der Waals surface area (Å²) in [5, 5.41) is 3.51. The maximum absolute atomic E-state index is 4.99. The summed E-state index contributed by atoms with van der Waals surface area (Å²) in [5.41, 5.74) is 2.87. The average Bonchev–Trinajstić information content (AvgIpc) is 2.67. The lowest BCUT2D eigenvalue weighted by Gasteiger charge is -2.33. The highest BCUT2D eigenvalue weighted by Crippen LogP contribution is 2.20. The minimum absolute atomic E-state index is 0.709. The molecule has 1 atom stereocenters. The zero-order valence-electron chi connectivity index (χ0n) is 16.5. The third-order valence-electron chi connectivity index (χ3n) is 5.43. The second kappa shape index (κ2) is 9.77. The number of likely N-dealkylation sites (tertiary alicyclic amines) is 2. The van der Waals surface area contributed by atoms with Crippen LogP contribution in [0.3, 0.4) is 0 Å². The van der Waals surface area contributed by atoms with Crippen LogP contribution < -0.4 is 5.32 Å². The number of aliphatic imine (C=N–C) groups is 1. The summed E-state index contributed by atoms with van der Waals surface area (Å²) in [6, 6.07) is 10.7. The van der Waals surface area contributed by atoms with E-state index in [4.69, 9.17) is 4.99 Å². The van der Waals surface area contributed by atoms with Crippen LogP contribution in [0.4, 0.5) is 0 Å². The Morgan fingerprint density at radius 1 is 1.19 bits per heavy atom. The van der Waals surface area contributed by atoms with Gasteiger partial charge in [-0.3, -0.25) is 4.99 Å². The topological polar surface area (TPSA) is 30.9 Å². The van der Waals surface area contributed by atoms with E-state index in [1.165, 1.54) is 31.5 Å². The minimum atomic E-state index is 0.709. The summed E-state index contributed by atoms with van der Waals surface area (Å²) < 4.78 is 0. The van der Waals surface area contributed by atoms with Gasteiger partial charge in [0.15, 0.2) is 5.96 Å². The van der Waals surface area contributed by atoms with Gasteiger partial charge in [-0.15, -0.1) is 0 Å². The molecule has 3 rings (SSSR count). The SMILES string of the molecule is CCNC(=NCC1CCCN(C)C1)N1CCC(=Cc2ccccc2)CC1. The van der Waals surface area contributed by atoms with Crippen molar-refractivity contribution in [3.05, 3.63) is 41.5 Å². The van der Waals surface area contributed by atoms with Gasteiger partial charge < -0.3 is 15.1 Å². The smallest absolute Gasteiger partial charge is 0.193 e. The van der Waals surface area contributed by atoms with E-state index >= 15 is 0 Å². The molecule has 2 aliphatic heterocycles. The molecule has 0 spiro atoms. The van der Waals surface area contributed by atoms with Crippen molar-refractivity contribution in [2.75, 3.05) is 46.3 Å². The molecule has 2 aliphatic rings. The fraction of sp³-hybridized carbons (Fsp3) is 0.591. The van der Waals surface area contributed by atoms with Crippen LogP contribution in [0.15, 0.2) is 40.9 Å². The molecule has 0 amide bonds. The molecule has 2 saturated heterocycles. The molecular formula is C22H34N4. The molecule has 0 aromatic heterocycles. The van der Waals surface area contributed by atoms with Gasteiger partial charge in [0.1, 0.15) is 0 Å². The predicted octanol–water partition coefficient (Wildman–Crippen LogP) is 3.47. The molecule has 4 heteroatoms. The first-order chi connectivity index (χ1) is 12.7. The van der Waals surface area contributed by atoms with Gasteiger partial charge in [-0.25, -0.2) is 0 Å². The lowest BCUT2D eigenvalue weighted by atomic mass is 9.99. The van der Waals surface area contributed by atoms with Crippen LogP contribution in [-0.2, 0) is 0 Å². The molecule has 2 heterocycles. The van der Waals surface area contributed by atoms with Crippen molar-refractivity contribution in [2.24, 2.45) is 10.9 Å². The van der Waals surface area contributed by atoms with E-state index < -0.39 is 0 Å². The molecule has 1 aromatic carbocycles. The summed E-state index contributed by atoms with van der Waals surface area (Å²) in [6.45, 7) is 8.61. The molecule has 142 valence electrons. The lowest BCUT2D eigenvalue weighted by Crippen LogP contribution is -2.45. The van der Waals surface area contributed by atoms with E-state index in [2.05, 4.69) is 65.5 Å². The van der Waals surface area contributed by atoms with Gasteiger partial charge in [0.05, 0.1) is 0 Å². The minimum Gasteiger partial charge on any atom is -0.357 e. The van der Waals surface area contributed by atoms with Gasteiger partial charge in [-0.05, 0) is 57.7 Å². The number of guanidine groups is 1. The Morgan fingerprint density at radius 2 is 1.96 bits per heavy atom. The second-order valence-corrected chi connectivity index (χ2v) is 7.67. The van der Waals surface area contributed by atoms with Crippen molar-refractivity contribution >= 4 is 12.0 Å². The number of hydrogen-bond donors (Lipinski definition) is 1. The summed E-state index contributed by atoms with van der Waals surface area (Å²) in [6.07, 6.45) is 7.25. The molecule has 1 aromatic rings. The van der Waals surface area contributed by atoms with E-state index in [-0.39, 0.29) is 0 Å². The van der Waals surface area contributed by atoms with E-state index in [0.29, 0.717) is 5.92 Å². The highest BCUT2D eigenvalue weighted by atomic mass is 15.3. The molecular weight excluding hydrogens is 320 g/mol. The number of benzene rings is 1. The number of piperidine rings is 2. The van der Waals surface area contributed by atoms with E-state index in [9.17, 15) is 0 Å². The highest BCUT2D eigenvalue weighted by Gasteiger charge is 2.20. The van der Waals surface area contributed by atoms with Gasteiger partial charge in [0, 0.05) is 32.7 Å².